The first-order valence-corrected chi connectivity index (χ1v) is 14.1. The summed E-state index contributed by atoms with van der Waals surface area (Å²) in [5.74, 6) is 13.2. The second-order valence-corrected chi connectivity index (χ2v) is 10.5. The fraction of sp³-hybridized carbons (Fsp3) is 0.471. The maximum absolute atomic E-state index is 11.7. The van der Waals surface area contributed by atoms with Crippen LogP contribution in [-0.4, -0.2) is 44.7 Å². The first-order valence-electron chi connectivity index (χ1n) is 14.1. The van der Waals surface area contributed by atoms with Gasteiger partial charge in [0.25, 0.3) is 0 Å². The van der Waals surface area contributed by atoms with Crippen LogP contribution in [0.5, 0.6) is 0 Å². The van der Waals surface area contributed by atoms with Crippen molar-refractivity contribution in [1.29, 1.82) is 0 Å². The van der Waals surface area contributed by atoms with E-state index in [-0.39, 0.29) is 30.4 Å². The molecular formula is C34H38O6. The summed E-state index contributed by atoms with van der Waals surface area (Å²) in [5.41, 5.74) is 2.70. The highest BCUT2D eigenvalue weighted by atomic mass is 16.7. The third kappa shape index (κ3) is 8.71. The lowest BCUT2D eigenvalue weighted by Gasteiger charge is -2.32. The zero-order valence-electron chi connectivity index (χ0n) is 23.6. The molecule has 40 heavy (non-hydrogen) atoms. The van der Waals surface area contributed by atoms with Crippen LogP contribution in [0.15, 0.2) is 48.5 Å². The van der Waals surface area contributed by atoms with E-state index in [0.717, 1.165) is 62.5 Å². The van der Waals surface area contributed by atoms with Gasteiger partial charge in [-0.25, -0.2) is 9.59 Å². The van der Waals surface area contributed by atoms with E-state index in [1.807, 2.05) is 31.2 Å². The van der Waals surface area contributed by atoms with Crippen LogP contribution in [0.25, 0.3) is 0 Å². The van der Waals surface area contributed by atoms with Crippen molar-refractivity contribution < 1.29 is 28.5 Å². The Morgan fingerprint density at radius 2 is 1.07 bits per heavy atom. The van der Waals surface area contributed by atoms with Crippen molar-refractivity contribution in [2.45, 2.75) is 76.8 Å². The molecule has 4 rings (SSSR count). The number of carbonyl (C=O) groups is 2. The highest BCUT2D eigenvalue weighted by Crippen LogP contribution is 2.30. The summed E-state index contributed by atoms with van der Waals surface area (Å²) in [6, 6.07) is 14.5. The number of hydrogen-bond donors (Lipinski definition) is 0. The normalized spacial score (nSPS) is 23.0. The predicted molar refractivity (Wildman–Crippen MR) is 152 cm³/mol. The van der Waals surface area contributed by atoms with Gasteiger partial charge in [-0.05, 0) is 94.7 Å². The molecule has 0 aromatic heterocycles. The Labute approximate surface area is 237 Å². The summed E-state index contributed by atoms with van der Waals surface area (Å²) >= 11 is 0. The van der Waals surface area contributed by atoms with Crippen LogP contribution in [0, 0.1) is 35.5 Å². The van der Waals surface area contributed by atoms with Crippen LogP contribution in [-0.2, 0) is 18.9 Å². The van der Waals surface area contributed by atoms with Gasteiger partial charge in [0.1, 0.15) is 0 Å². The monoisotopic (exact) mass is 542 g/mol. The van der Waals surface area contributed by atoms with Gasteiger partial charge in [-0.15, -0.1) is 0 Å². The standard InChI is InChI=1S/C34H38O6/c1-24(39-31-18-14-25(15-19-31)10-12-27-6-4-8-29(22-27)33(35)37-2)40-32-20-16-26(17-21-32)11-13-28-7-5-9-30(23-28)34(36)38-3/h4-9,22-26,31-32H,14-21H2,1-3H3. The van der Waals surface area contributed by atoms with Crippen molar-refractivity contribution in [2.75, 3.05) is 14.2 Å². The zero-order valence-corrected chi connectivity index (χ0v) is 23.6. The Balaban J connectivity index is 1.16. The minimum atomic E-state index is -0.348. The Kier molecular flexibility index (Phi) is 10.8. The Bertz CT molecular complexity index is 1180. The molecule has 2 fully saturated rings. The highest BCUT2D eigenvalue weighted by Gasteiger charge is 2.26. The van der Waals surface area contributed by atoms with Crippen LogP contribution < -0.4 is 0 Å². The number of rotatable bonds is 6. The first kappa shape index (κ1) is 29.4. The van der Waals surface area contributed by atoms with Crippen LogP contribution in [0.2, 0.25) is 0 Å². The van der Waals surface area contributed by atoms with Crippen LogP contribution in [0.3, 0.4) is 0 Å². The Morgan fingerprint density at radius 1 is 0.675 bits per heavy atom. The van der Waals surface area contributed by atoms with Gasteiger partial charge in [0.05, 0.1) is 37.6 Å². The third-order valence-corrected chi connectivity index (χ3v) is 7.53. The molecule has 0 amide bonds. The van der Waals surface area contributed by atoms with Crippen molar-refractivity contribution in [2.24, 2.45) is 11.8 Å². The van der Waals surface area contributed by atoms with Gasteiger partial charge in [-0.3, -0.25) is 0 Å². The van der Waals surface area contributed by atoms with E-state index in [1.165, 1.54) is 14.2 Å². The van der Waals surface area contributed by atoms with Crippen molar-refractivity contribution in [3.8, 4) is 23.7 Å². The van der Waals surface area contributed by atoms with Crippen LogP contribution in [0.4, 0.5) is 0 Å². The molecule has 0 atom stereocenters. The molecule has 0 radical (unpaired) electrons. The number of hydrogen-bond acceptors (Lipinski definition) is 6. The molecule has 0 bridgehead atoms. The largest absolute Gasteiger partial charge is 0.465 e. The van der Waals surface area contributed by atoms with E-state index >= 15 is 0 Å². The van der Waals surface area contributed by atoms with E-state index in [0.29, 0.717) is 23.0 Å². The van der Waals surface area contributed by atoms with Gasteiger partial charge in [-0.2, -0.15) is 0 Å². The topological polar surface area (TPSA) is 71.1 Å². The summed E-state index contributed by atoms with van der Waals surface area (Å²) in [7, 11) is 2.76. The summed E-state index contributed by atoms with van der Waals surface area (Å²) in [6.07, 6.45) is 7.99. The molecule has 2 aromatic rings. The maximum Gasteiger partial charge on any atom is 0.337 e. The molecule has 0 saturated heterocycles. The third-order valence-electron chi connectivity index (χ3n) is 7.53. The quantitative estimate of drug-likeness (QED) is 0.247. The summed E-state index contributed by atoms with van der Waals surface area (Å²) < 4.78 is 22.1. The van der Waals surface area contributed by atoms with E-state index < -0.39 is 0 Å². The second-order valence-electron chi connectivity index (χ2n) is 10.5. The van der Waals surface area contributed by atoms with Gasteiger partial charge in [0.15, 0.2) is 6.29 Å². The average Bonchev–Trinajstić information content (AvgIpc) is 2.99. The molecule has 6 nitrogen and oxygen atoms in total. The molecule has 0 unspecified atom stereocenters. The molecule has 0 aliphatic heterocycles. The lowest BCUT2D eigenvalue weighted by Crippen LogP contribution is -2.31. The fourth-order valence-electron chi connectivity index (χ4n) is 5.31. The molecule has 0 spiro atoms. The number of ether oxygens (including phenoxy) is 4. The van der Waals surface area contributed by atoms with Crippen molar-refractivity contribution in [1.82, 2.24) is 0 Å². The van der Waals surface area contributed by atoms with E-state index in [2.05, 4.69) is 23.7 Å². The Morgan fingerprint density at radius 3 is 1.45 bits per heavy atom. The lowest BCUT2D eigenvalue weighted by molar-refractivity contribution is -0.195. The van der Waals surface area contributed by atoms with Gasteiger partial charge < -0.3 is 18.9 Å². The number of benzene rings is 2. The average molecular weight is 543 g/mol. The molecule has 210 valence electrons. The number of methoxy groups -OCH3 is 2. The molecule has 2 aliphatic rings. The number of esters is 2. The van der Waals surface area contributed by atoms with Gasteiger partial charge >= 0.3 is 11.9 Å². The molecule has 6 heteroatoms. The van der Waals surface area contributed by atoms with E-state index in [1.54, 1.807) is 24.3 Å². The fourth-order valence-corrected chi connectivity index (χ4v) is 5.31. The molecule has 2 saturated carbocycles. The van der Waals surface area contributed by atoms with Gasteiger partial charge in [0.2, 0.25) is 0 Å². The minimum absolute atomic E-state index is 0.193. The smallest absolute Gasteiger partial charge is 0.337 e. The summed E-state index contributed by atoms with van der Waals surface area (Å²) in [4.78, 5) is 23.5. The maximum atomic E-state index is 11.7. The van der Waals surface area contributed by atoms with Gasteiger partial charge in [-0.1, -0.05) is 35.8 Å². The van der Waals surface area contributed by atoms with Crippen LogP contribution >= 0.6 is 0 Å². The first-order chi connectivity index (χ1) is 19.4. The van der Waals surface area contributed by atoms with Crippen molar-refractivity contribution in [3.63, 3.8) is 0 Å². The van der Waals surface area contributed by atoms with Crippen molar-refractivity contribution in [3.05, 3.63) is 70.8 Å². The molecule has 0 heterocycles. The predicted octanol–water partition coefficient (Wildman–Crippen LogP) is 6.16. The molecule has 0 N–H and O–H groups in total. The Hall–Kier alpha value is -3.58. The minimum Gasteiger partial charge on any atom is -0.465 e. The van der Waals surface area contributed by atoms with Gasteiger partial charge in [0, 0.05) is 23.0 Å². The number of carbonyl (C=O) groups excluding carboxylic acids is 2. The van der Waals surface area contributed by atoms with Crippen LogP contribution in [0.1, 0.15) is 90.1 Å². The molecular weight excluding hydrogens is 504 g/mol. The SMILES string of the molecule is COC(=O)c1cccc(C#CC2CCC(OC(C)OC3CCC(C#Cc4cccc(C(=O)OC)c4)CC3)CC2)c1. The highest BCUT2D eigenvalue weighted by molar-refractivity contribution is 5.90. The molecule has 2 aliphatic carbocycles. The lowest BCUT2D eigenvalue weighted by atomic mass is 9.87. The zero-order chi connectivity index (χ0) is 28.3. The summed E-state index contributed by atoms with van der Waals surface area (Å²) in [5, 5.41) is 0. The second kappa shape index (κ2) is 14.7. The van der Waals surface area contributed by atoms with E-state index in [9.17, 15) is 9.59 Å². The molecule has 2 aromatic carbocycles. The van der Waals surface area contributed by atoms with Crippen molar-refractivity contribution >= 4 is 11.9 Å². The summed E-state index contributed by atoms with van der Waals surface area (Å²) in [6.45, 7) is 2.00. The van der Waals surface area contributed by atoms with E-state index in [4.69, 9.17) is 18.9 Å².